The number of carbonyl (C=O) groups is 1. The molecule has 0 saturated heterocycles. The van der Waals surface area contributed by atoms with Gasteiger partial charge in [0.2, 0.25) is 0 Å². The number of aliphatic imine (C=N–C) groups is 1. The Morgan fingerprint density at radius 3 is 2.44 bits per heavy atom. The third-order valence-corrected chi connectivity index (χ3v) is 3.93. The third kappa shape index (κ3) is 4.82. The van der Waals surface area contributed by atoms with Gasteiger partial charge in [0.15, 0.2) is 11.5 Å². The van der Waals surface area contributed by atoms with Gasteiger partial charge in [0.1, 0.15) is 5.71 Å². The molecule has 0 aliphatic heterocycles. The number of hydrogen-bond donors (Lipinski definition) is 2. The summed E-state index contributed by atoms with van der Waals surface area (Å²) in [5.74, 6) is -0.229. The lowest BCUT2D eigenvalue weighted by Crippen LogP contribution is -2.44. The molecule has 0 heterocycles. The maximum atomic E-state index is 12.8. The lowest BCUT2D eigenvalue weighted by molar-refractivity contribution is -0.116. The summed E-state index contributed by atoms with van der Waals surface area (Å²) in [5.41, 5.74) is 0.555. The predicted molar refractivity (Wildman–Crippen MR) is 103 cm³/mol. The Labute approximate surface area is 155 Å². The summed E-state index contributed by atoms with van der Waals surface area (Å²) in [6.07, 6.45) is 0. The van der Waals surface area contributed by atoms with Crippen molar-refractivity contribution < 1.29 is 14.6 Å². The van der Waals surface area contributed by atoms with Gasteiger partial charge in [0, 0.05) is 10.0 Å². The standard InChI is InChI=1S/C19H21BrN2O3/c1-19(2,3)22-18(24)16(21-14-10-6-5-9-13(14)20)12-8-7-11-15(25-4)17(12)23/h5-11,23H,1-4H3,(H,22,24). The second-order valence-electron chi connectivity index (χ2n) is 6.47. The largest absolute Gasteiger partial charge is 0.504 e. The van der Waals surface area contributed by atoms with Crippen LogP contribution in [0.25, 0.3) is 0 Å². The Bertz CT molecular complexity index is 811. The zero-order chi connectivity index (χ0) is 18.6. The van der Waals surface area contributed by atoms with Gasteiger partial charge in [-0.25, -0.2) is 4.99 Å². The number of para-hydroxylation sites is 2. The van der Waals surface area contributed by atoms with Gasteiger partial charge in [0.25, 0.3) is 5.91 Å². The van der Waals surface area contributed by atoms with E-state index >= 15 is 0 Å². The molecule has 2 aromatic rings. The van der Waals surface area contributed by atoms with E-state index in [-0.39, 0.29) is 23.1 Å². The molecule has 0 saturated carbocycles. The van der Waals surface area contributed by atoms with Gasteiger partial charge < -0.3 is 15.2 Å². The first-order valence-electron chi connectivity index (χ1n) is 7.75. The van der Waals surface area contributed by atoms with Gasteiger partial charge >= 0.3 is 0 Å². The highest BCUT2D eigenvalue weighted by atomic mass is 79.9. The van der Waals surface area contributed by atoms with Gasteiger partial charge in [-0.15, -0.1) is 0 Å². The van der Waals surface area contributed by atoms with E-state index in [1.807, 2.05) is 39.0 Å². The van der Waals surface area contributed by atoms with Crippen molar-refractivity contribution in [3.63, 3.8) is 0 Å². The topological polar surface area (TPSA) is 70.9 Å². The van der Waals surface area contributed by atoms with E-state index in [9.17, 15) is 9.90 Å². The van der Waals surface area contributed by atoms with Gasteiger partial charge in [-0.3, -0.25) is 4.79 Å². The van der Waals surface area contributed by atoms with E-state index in [2.05, 4.69) is 26.2 Å². The molecule has 0 bridgehead atoms. The lowest BCUT2D eigenvalue weighted by atomic mass is 10.0. The molecule has 0 aromatic heterocycles. The highest BCUT2D eigenvalue weighted by Gasteiger charge is 2.24. The third-order valence-electron chi connectivity index (χ3n) is 3.26. The van der Waals surface area contributed by atoms with Crippen LogP contribution in [0.1, 0.15) is 26.3 Å². The lowest BCUT2D eigenvalue weighted by Gasteiger charge is -2.21. The van der Waals surface area contributed by atoms with Crippen molar-refractivity contribution in [3.8, 4) is 11.5 Å². The molecule has 2 aromatic carbocycles. The Kier molecular flexibility index (Phi) is 5.85. The Morgan fingerprint density at radius 1 is 1.16 bits per heavy atom. The van der Waals surface area contributed by atoms with Gasteiger partial charge in [-0.1, -0.05) is 18.2 Å². The van der Waals surface area contributed by atoms with Crippen molar-refractivity contribution >= 4 is 33.2 Å². The summed E-state index contributed by atoms with van der Waals surface area (Å²) in [7, 11) is 1.46. The first-order valence-corrected chi connectivity index (χ1v) is 8.54. The molecule has 5 nitrogen and oxygen atoms in total. The van der Waals surface area contributed by atoms with E-state index in [1.165, 1.54) is 7.11 Å². The van der Waals surface area contributed by atoms with Gasteiger partial charge in [-0.05, 0) is 61.0 Å². The molecule has 132 valence electrons. The van der Waals surface area contributed by atoms with Crippen LogP contribution in [0.2, 0.25) is 0 Å². The van der Waals surface area contributed by atoms with Crippen LogP contribution in [-0.4, -0.2) is 29.4 Å². The van der Waals surface area contributed by atoms with Crippen molar-refractivity contribution in [1.29, 1.82) is 0 Å². The van der Waals surface area contributed by atoms with E-state index < -0.39 is 5.54 Å². The minimum atomic E-state index is -0.444. The van der Waals surface area contributed by atoms with Crippen molar-refractivity contribution in [2.75, 3.05) is 7.11 Å². The van der Waals surface area contributed by atoms with Crippen LogP contribution in [0.15, 0.2) is 51.9 Å². The van der Waals surface area contributed by atoms with Crippen LogP contribution >= 0.6 is 15.9 Å². The number of nitrogens with zero attached hydrogens (tertiary/aromatic N) is 1. The second kappa shape index (κ2) is 7.70. The number of halogens is 1. The average Bonchev–Trinajstić information content (AvgIpc) is 2.53. The quantitative estimate of drug-likeness (QED) is 0.750. The Hall–Kier alpha value is -2.34. The molecule has 0 aliphatic carbocycles. The average molecular weight is 405 g/mol. The van der Waals surface area contributed by atoms with Crippen LogP contribution in [0.5, 0.6) is 11.5 Å². The molecule has 0 aliphatic rings. The molecular weight excluding hydrogens is 384 g/mol. The predicted octanol–water partition coefficient (Wildman–Crippen LogP) is 4.20. The fourth-order valence-electron chi connectivity index (χ4n) is 2.17. The van der Waals surface area contributed by atoms with Crippen LogP contribution in [-0.2, 0) is 4.79 Å². The molecule has 0 radical (unpaired) electrons. The number of amides is 1. The van der Waals surface area contributed by atoms with E-state index in [1.54, 1.807) is 24.3 Å². The molecule has 0 spiro atoms. The summed E-state index contributed by atoms with van der Waals surface area (Å²) < 4.78 is 5.89. The van der Waals surface area contributed by atoms with Crippen LogP contribution in [0.3, 0.4) is 0 Å². The summed E-state index contributed by atoms with van der Waals surface area (Å²) in [6.45, 7) is 5.64. The molecule has 2 rings (SSSR count). The second-order valence-corrected chi connectivity index (χ2v) is 7.33. The summed E-state index contributed by atoms with van der Waals surface area (Å²) >= 11 is 3.43. The molecule has 2 N–H and O–H groups in total. The van der Waals surface area contributed by atoms with Crippen molar-refractivity contribution in [1.82, 2.24) is 5.32 Å². The number of phenolic OH excluding ortho intramolecular Hbond substituents is 1. The number of methoxy groups -OCH3 is 1. The summed E-state index contributed by atoms with van der Waals surface area (Å²) in [6, 6.07) is 12.3. The van der Waals surface area contributed by atoms with E-state index in [0.717, 1.165) is 4.47 Å². The van der Waals surface area contributed by atoms with Gasteiger partial charge in [0.05, 0.1) is 18.4 Å². The van der Waals surface area contributed by atoms with Crippen molar-refractivity contribution in [2.24, 2.45) is 4.99 Å². The highest BCUT2D eigenvalue weighted by Crippen LogP contribution is 2.32. The van der Waals surface area contributed by atoms with Crippen molar-refractivity contribution in [2.45, 2.75) is 26.3 Å². The number of ether oxygens (including phenoxy) is 1. The molecule has 0 fully saturated rings. The fraction of sp³-hybridized carbons (Fsp3) is 0.263. The number of rotatable bonds is 4. The smallest absolute Gasteiger partial charge is 0.271 e. The van der Waals surface area contributed by atoms with E-state index in [4.69, 9.17) is 4.74 Å². The highest BCUT2D eigenvalue weighted by molar-refractivity contribution is 9.10. The maximum Gasteiger partial charge on any atom is 0.271 e. The Balaban J connectivity index is 2.61. The molecule has 6 heteroatoms. The summed E-state index contributed by atoms with van der Waals surface area (Å²) in [4.78, 5) is 17.3. The molecular formula is C19H21BrN2O3. The number of nitrogens with one attached hydrogen (secondary N) is 1. The minimum absolute atomic E-state index is 0.109. The zero-order valence-electron chi connectivity index (χ0n) is 14.6. The fourth-order valence-corrected chi connectivity index (χ4v) is 2.55. The minimum Gasteiger partial charge on any atom is -0.504 e. The van der Waals surface area contributed by atoms with Crippen molar-refractivity contribution in [3.05, 3.63) is 52.5 Å². The van der Waals surface area contributed by atoms with Crippen LogP contribution in [0, 0.1) is 0 Å². The molecule has 0 atom stereocenters. The first kappa shape index (κ1) is 19.0. The summed E-state index contributed by atoms with van der Waals surface area (Å²) in [5, 5.41) is 13.3. The number of benzene rings is 2. The van der Waals surface area contributed by atoms with Gasteiger partial charge in [-0.2, -0.15) is 0 Å². The zero-order valence-corrected chi connectivity index (χ0v) is 16.2. The number of aromatic hydroxyl groups is 1. The van der Waals surface area contributed by atoms with Crippen LogP contribution in [0.4, 0.5) is 5.69 Å². The van der Waals surface area contributed by atoms with Crippen LogP contribution < -0.4 is 10.1 Å². The normalized spacial score (nSPS) is 12.0. The molecule has 25 heavy (non-hydrogen) atoms. The Morgan fingerprint density at radius 2 is 1.84 bits per heavy atom. The number of carbonyl (C=O) groups excluding carboxylic acids is 1. The SMILES string of the molecule is COc1cccc(C(=Nc2ccccc2Br)C(=O)NC(C)(C)C)c1O. The monoisotopic (exact) mass is 404 g/mol. The molecule has 0 unspecified atom stereocenters. The maximum absolute atomic E-state index is 12.8. The van der Waals surface area contributed by atoms with E-state index in [0.29, 0.717) is 11.3 Å². The number of hydrogen-bond acceptors (Lipinski definition) is 4. The first-order chi connectivity index (χ1) is 11.7. The number of phenols is 1. The molecule has 1 amide bonds.